The van der Waals surface area contributed by atoms with Gasteiger partial charge in [0.25, 0.3) is 0 Å². The van der Waals surface area contributed by atoms with E-state index in [1.54, 1.807) is 0 Å². The van der Waals surface area contributed by atoms with Crippen LogP contribution >= 0.6 is 0 Å². The molecule has 2 heteroatoms. The maximum atomic E-state index is 12.6. The first kappa shape index (κ1) is 15.7. The van der Waals surface area contributed by atoms with E-state index in [-0.39, 0.29) is 5.41 Å². The summed E-state index contributed by atoms with van der Waals surface area (Å²) in [6.07, 6.45) is 5.83. The van der Waals surface area contributed by atoms with Crippen molar-refractivity contribution in [1.82, 2.24) is 0 Å². The number of rotatable bonds is 5. The molecule has 2 unspecified atom stereocenters. The maximum Gasteiger partial charge on any atom is 0.164 e. The van der Waals surface area contributed by atoms with Gasteiger partial charge in [0, 0.05) is 13.0 Å². The van der Waals surface area contributed by atoms with Crippen molar-refractivity contribution < 1.29 is 9.53 Å². The molecule has 0 N–H and O–H groups in total. The highest BCUT2D eigenvalue weighted by Crippen LogP contribution is 2.37. The Balaban J connectivity index is 2.68. The summed E-state index contributed by atoms with van der Waals surface area (Å²) in [6.45, 7) is 11.5. The van der Waals surface area contributed by atoms with E-state index >= 15 is 0 Å². The Hall–Kier alpha value is -0.370. The smallest absolute Gasteiger partial charge is 0.164 e. The van der Waals surface area contributed by atoms with Crippen molar-refractivity contribution in [2.45, 2.75) is 78.7 Å². The van der Waals surface area contributed by atoms with Crippen LogP contribution < -0.4 is 0 Å². The molecular weight excluding hydrogens is 224 g/mol. The maximum absolute atomic E-state index is 12.6. The van der Waals surface area contributed by atoms with Crippen LogP contribution in [0.2, 0.25) is 0 Å². The molecular formula is C16H30O2. The number of carbonyl (C=O) groups excluding carboxylic acids is 1. The second kappa shape index (κ2) is 6.18. The first-order chi connectivity index (χ1) is 8.29. The van der Waals surface area contributed by atoms with E-state index in [9.17, 15) is 4.79 Å². The molecule has 0 amide bonds. The van der Waals surface area contributed by atoms with Gasteiger partial charge in [-0.05, 0) is 43.9 Å². The molecule has 2 nitrogen and oxygen atoms in total. The molecule has 1 saturated carbocycles. The fraction of sp³-hybridized carbons (Fsp3) is 0.938. The quantitative estimate of drug-likeness (QED) is 0.728. The first-order valence-electron chi connectivity index (χ1n) is 7.46. The lowest BCUT2D eigenvalue weighted by Crippen LogP contribution is -2.45. The Morgan fingerprint density at radius 2 is 2.06 bits per heavy atom. The van der Waals surface area contributed by atoms with E-state index in [0.717, 1.165) is 25.7 Å². The van der Waals surface area contributed by atoms with Crippen molar-refractivity contribution in [3.63, 3.8) is 0 Å². The van der Waals surface area contributed by atoms with Gasteiger partial charge in [0.05, 0.1) is 0 Å². The van der Waals surface area contributed by atoms with Gasteiger partial charge in [-0.3, -0.25) is 4.79 Å². The van der Waals surface area contributed by atoms with Gasteiger partial charge in [-0.15, -0.1) is 0 Å². The summed E-state index contributed by atoms with van der Waals surface area (Å²) in [5.74, 6) is 0.953. The lowest BCUT2D eigenvalue weighted by Gasteiger charge is -2.39. The van der Waals surface area contributed by atoms with Crippen LogP contribution in [0.3, 0.4) is 0 Å². The Morgan fingerprint density at radius 3 is 2.56 bits per heavy atom. The zero-order valence-corrected chi connectivity index (χ0v) is 12.8. The molecule has 0 aliphatic heterocycles. The molecule has 0 bridgehead atoms. The Labute approximate surface area is 112 Å². The monoisotopic (exact) mass is 254 g/mol. The minimum absolute atomic E-state index is 0.226. The second-order valence-corrected chi connectivity index (χ2v) is 7.11. The average molecular weight is 254 g/mol. The van der Waals surface area contributed by atoms with Gasteiger partial charge in [-0.2, -0.15) is 0 Å². The number of hydrogen-bond donors (Lipinski definition) is 0. The van der Waals surface area contributed by atoms with Gasteiger partial charge in [-0.25, -0.2) is 0 Å². The van der Waals surface area contributed by atoms with Gasteiger partial charge in [0.15, 0.2) is 5.78 Å². The average Bonchev–Trinajstić information content (AvgIpc) is 2.25. The third-order valence-electron chi connectivity index (χ3n) is 3.99. The highest BCUT2D eigenvalue weighted by Gasteiger charge is 2.41. The molecule has 0 aromatic rings. The molecule has 106 valence electrons. The molecule has 0 saturated heterocycles. The van der Waals surface area contributed by atoms with Gasteiger partial charge < -0.3 is 4.74 Å². The van der Waals surface area contributed by atoms with Crippen LogP contribution in [0.4, 0.5) is 0 Å². The minimum Gasteiger partial charge on any atom is -0.367 e. The van der Waals surface area contributed by atoms with E-state index in [4.69, 9.17) is 4.74 Å². The highest BCUT2D eigenvalue weighted by molar-refractivity contribution is 5.87. The van der Waals surface area contributed by atoms with Crippen molar-refractivity contribution in [2.24, 2.45) is 11.3 Å². The lowest BCUT2D eigenvalue weighted by molar-refractivity contribution is -0.151. The largest absolute Gasteiger partial charge is 0.367 e. The number of Topliss-reactive ketones (excluding diaryl/α,β-unsaturated/α-hetero) is 1. The predicted molar refractivity (Wildman–Crippen MR) is 75.7 cm³/mol. The van der Waals surface area contributed by atoms with E-state index in [1.165, 1.54) is 6.42 Å². The molecule has 1 aliphatic rings. The Bertz CT molecular complexity index is 273. The van der Waals surface area contributed by atoms with E-state index in [0.29, 0.717) is 24.7 Å². The number of ketones is 1. The van der Waals surface area contributed by atoms with Crippen LogP contribution in [0.1, 0.15) is 73.1 Å². The zero-order chi connectivity index (χ0) is 13.8. The van der Waals surface area contributed by atoms with Gasteiger partial charge in [0.2, 0.25) is 0 Å². The molecule has 1 rings (SSSR count). The zero-order valence-electron chi connectivity index (χ0n) is 12.8. The number of ether oxygens (including phenoxy) is 1. The molecule has 0 heterocycles. The molecule has 0 spiro atoms. The van der Waals surface area contributed by atoms with Crippen LogP contribution in [-0.2, 0) is 9.53 Å². The predicted octanol–water partition coefficient (Wildman–Crippen LogP) is 4.37. The number of hydrogen-bond acceptors (Lipinski definition) is 2. The molecule has 1 fully saturated rings. The Morgan fingerprint density at radius 1 is 1.39 bits per heavy atom. The highest BCUT2D eigenvalue weighted by atomic mass is 16.5. The summed E-state index contributed by atoms with van der Waals surface area (Å²) in [7, 11) is 0. The van der Waals surface area contributed by atoms with Gasteiger partial charge >= 0.3 is 0 Å². The SMILES string of the molecule is CCOC1(C(=O)CCC(C)(C)C)CCCC(C)C1. The fourth-order valence-corrected chi connectivity index (χ4v) is 2.96. The molecule has 18 heavy (non-hydrogen) atoms. The summed E-state index contributed by atoms with van der Waals surface area (Å²) in [4.78, 5) is 12.6. The normalized spacial score (nSPS) is 29.3. The van der Waals surface area contributed by atoms with E-state index < -0.39 is 5.60 Å². The third-order valence-corrected chi connectivity index (χ3v) is 3.99. The van der Waals surface area contributed by atoms with E-state index in [2.05, 4.69) is 27.7 Å². The topological polar surface area (TPSA) is 26.3 Å². The summed E-state index contributed by atoms with van der Waals surface area (Å²) >= 11 is 0. The molecule has 2 atom stereocenters. The first-order valence-corrected chi connectivity index (χ1v) is 7.46. The molecule has 0 aromatic carbocycles. The van der Waals surface area contributed by atoms with Crippen molar-refractivity contribution in [3.8, 4) is 0 Å². The van der Waals surface area contributed by atoms with Gasteiger partial charge in [0.1, 0.15) is 5.60 Å². The molecule has 0 aromatic heterocycles. The summed E-state index contributed by atoms with van der Waals surface area (Å²) in [5.41, 5.74) is -0.235. The fourth-order valence-electron chi connectivity index (χ4n) is 2.96. The van der Waals surface area contributed by atoms with Crippen molar-refractivity contribution in [2.75, 3.05) is 6.61 Å². The summed E-state index contributed by atoms with van der Waals surface area (Å²) < 4.78 is 5.92. The van der Waals surface area contributed by atoms with Crippen LogP contribution in [-0.4, -0.2) is 18.0 Å². The standard InChI is InChI=1S/C16H30O2/c1-6-18-16(10-7-8-13(2)12-16)14(17)9-11-15(3,4)5/h13H,6-12H2,1-5H3. The van der Waals surface area contributed by atoms with Crippen LogP contribution in [0.15, 0.2) is 0 Å². The van der Waals surface area contributed by atoms with Crippen LogP contribution in [0, 0.1) is 11.3 Å². The second-order valence-electron chi connectivity index (χ2n) is 7.11. The lowest BCUT2D eigenvalue weighted by atomic mass is 9.74. The molecule has 1 aliphatic carbocycles. The van der Waals surface area contributed by atoms with Gasteiger partial charge in [-0.1, -0.05) is 34.1 Å². The minimum atomic E-state index is -0.461. The Kier molecular flexibility index (Phi) is 5.39. The van der Waals surface area contributed by atoms with Crippen molar-refractivity contribution >= 4 is 5.78 Å². The summed E-state index contributed by atoms with van der Waals surface area (Å²) in [5, 5.41) is 0. The third kappa shape index (κ3) is 4.38. The van der Waals surface area contributed by atoms with Crippen molar-refractivity contribution in [1.29, 1.82) is 0 Å². The van der Waals surface area contributed by atoms with Crippen LogP contribution in [0.5, 0.6) is 0 Å². The number of carbonyl (C=O) groups is 1. The summed E-state index contributed by atoms with van der Waals surface area (Å²) in [6, 6.07) is 0. The molecule has 0 radical (unpaired) electrons. The van der Waals surface area contributed by atoms with Crippen molar-refractivity contribution in [3.05, 3.63) is 0 Å². The van der Waals surface area contributed by atoms with E-state index in [1.807, 2.05) is 6.92 Å². The van der Waals surface area contributed by atoms with Crippen LogP contribution in [0.25, 0.3) is 0 Å².